The van der Waals surface area contributed by atoms with Crippen molar-refractivity contribution in [2.75, 3.05) is 6.61 Å². The van der Waals surface area contributed by atoms with Crippen molar-refractivity contribution in [1.82, 2.24) is 5.32 Å². The number of carbonyl (C=O) groups is 2. The number of ether oxygens (including phenoxy) is 1. The maximum Gasteiger partial charge on any atom is 0.234 e. The van der Waals surface area contributed by atoms with E-state index in [0.717, 1.165) is 18.4 Å². The van der Waals surface area contributed by atoms with E-state index in [0.29, 0.717) is 13.0 Å². The van der Waals surface area contributed by atoms with Crippen molar-refractivity contribution in [3.63, 3.8) is 0 Å². The van der Waals surface area contributed by atoms with Gasteiger partial charge in [-0.2, -0.15) is 0 Å². The molecule has 4 nitrogen and oxygen atoms in total. The predicted molar refractivity (Wildman–Crippen MR) is 78.6 cm³/mol. The number of piperidine rings is 1. The van der Waals surface area contributed by atoms with Gasteiger partial charge in [0.1, 0.15) is 0 Å². The molecule has 4 heteroatoms. The molecule has 3 rings (SSSR count). The summed E-state index contributed by atoms with van der Waals surface area (Å²) in [5, 5.41) is 2.51. The van der Waals surface area contributed by atoms with Gasteiger partial charge in [0, 0.05) is 13.0 Å². The molecule has 1 aromatic rings. The van der Waals surface area contributed by atoms with Crippen LogP contribution in [0.5, 0.6) is 0 Å². The summed E-state index contributed by atoms with van der Waals surface area (Å²) in [4.78, 5) is 24.5. The van der Waals surface area contributed by atoms with Gasteiger partial charge < -0.3 is 4.74 Å². The van der Waals surface area contributed by atoms with E-state index in [1.54, 1.807) is 0 Å². The second-order valence-electron chi connectivity index (χ2n) is 6.83. The van der Waals surface area contributed by atoms with Crippen LogP contribution in [0.3, 0.4) is 0 Å². The summed E-state index contributed by atoms with van der Waals surface area (Å²) in [6.07, 6.45) is 1.86. The molecule has 2 aliphatic heterocycles. The van der Waals surface area contributed by atoms with E-state index in [1.165, 1.54) is 0 Å². The van der Waals surface area contributed by atoms with Crippen molar-refractivity contribution >= 4 is 11.8 Å². The largest absolute Gasteiger partial charge is 0.376 e. The highest BCUT2D eigenvalue weighted by Crippen LogP contribution is 2.52. The molecule has 0 bridgehead atoms. The molecule has 2 amide bonds. The lowest BCUT2D eigenvalue weighted by atomic mass is 9.60. The Morgan fingerprint density at radius 1 is 1.19 bits per heavy atom. The third-order valence-corrected chi connectivity index (χ3v) is 4.65. The van der Waals surface area contributed by atoms with Crippen molar-refractivity contribution in [2.24, 2.45) is 5.41 Å². The van der Waals surface area contributed by atoms with Crippen LogP contribution in [0.2, 0.25) is 0 Å². The van der Waals surface area contributed by atoms with Gasteiger partial charge in [-0.15, -0.1) is 0 Å². The Morgan fingerprint density at radius 3 is 2.57 bits per heavy atom. The van der Waals surface area contributed by atoms with E-state index in [9.17, 15) is 9.59 Å². The topological polar surface area (TPSA) is 55.4 Å². The predicted octanol–water partition coefficient (Wildman–Crippen LogP) is 2.39. The normalized spacial score (nSPS) is 32.0. The van der Waals surface area contributed by atoms with Crippen LogP contribution < -0.4 is 5.32 Å². The Balaban J connectivity index is 2.05. The van der Waals surface area contributed by atoms with Crippen LogP contribution in [-0.4, -0.2) is 24.0 Å². The van der Waals surface area contributed by atoms with Crippen molar-refractivity contribution in [1.29, 1.82) is 0 Å². The van der Waals surface area contributed by atoms with Crippen molar-refractivity contribution < 1.29 is 14.3 Å². The van der Waals surface area contributed by atoms with Gasteiger partial charge in [0.15, 0.2) is 0 Å². The molecule has 2 aliphatic rings. The van der Waals surface area contributed by atoms with Crippen LogP contribution >= 0.6 is 0 Å². The minimum absolute atomic E-state index is 0.162. The average Bonchev–Trinajstić information content (AvgIpc) is 2.37. The van der Waals surface area contributed by atoms with Gasteiger partial charge in [0.25, 0.3) is 0 Å². The molecule has 1 aromatic carbocycles. The van der Waals surface area contributed by atoms with Crippen LogP contribution in [0.25, 0.3) is 0 Å². The summed E-state index contributed by atoms with van der Waals surface area (Å²) in [5.41, 5.74) is 0.353. The fourth-order valence-electron chi connectivity index (χ4n) is 4.02. The van der Waals surface area contributed by atoms with E-state index in [2.05, 4.69) is 5.32 Å². The molecule has 2 atom stereocenters. The quantitative estimate of drug-likeness (QED) is 0.807. The number of imide groups is 1. The molecule has 112 valence electrons. The molecule has 2 heterocycles. The van der Waals surface area contributed by atoms with Gasteiger partial charge in [-0.05, 0) is 37.7 Å². The van der Waals surface area contributed by atoms with Crippen molar-refractivity contribution in [3.8, 4) is 0 Å². The highest BCUT2D eigenvalue weighted by atomic mass is 16.5. The SMILES string of the molecule is CC1(C)CC2(CCO1)CC(=O)NC(=O)C2c1ccccc1. The minimum Gasteiger partial charge on any atom is -0.376 e. The first kappa shape index (κ1) is 14.3. The number of benzene rings is 1. The molecule has 0 aromatic heterocycles. The van der Waals surface area contributed by atoms with Gasteiger partial charge in [-0.1, -0.05) is 30.3 Å². The third-order valence-electron chi connectivity index (χ3n) is 4.65. The maximum absolute atomic E-state index is 12.5. The lowest BCUT2D eigenvalue weighted by molar-refractivity contribution is -0.154. The van der Waals surface area contributed by atoms with Crippen LogP contribution in [0.1, 0.15) is 44.6 Å². The number of carbonyl (C=O) groups excluding carboxylic acids is 2. The monoisotopic (exact) mass is 287 g/mol. The number of nitrogens with one attached hydrogen (secondary N) is 1. The van der Waals surface area contributed by atoms with Crippen LogP contribution in [0.15, 0.2) is 30.3 Å². The Hall–Kier alpha value is -1.68. The smallest absolute Gasteiger partial charge is 0.234 e. The molecule has 2 fully saturated rings. The Morgan fingerprint density at radius 2 is 1.90 bits per heavy atom. The van der Waals surface area contributed by atoms with E-state index in [-0.39, 0.29) is 28.7 Å². The molecule has 2 unspecified atom stereocenters. The lowest BCUT2D eigenvalue weighted by Gasteiger charge is -2.50. The first-order valence-corrected chi connectivity index (χ1v) is 7.45. The van der Waals surface area contributed by atoms with E-state index >= 15 is 0 Å². The number of amides is 2. The standard InChI is InChI=1S/C17H21NO3/c1-16(2)11-17(8-9-21-16)10-13(19)18-15(20)14(17)12-6-4-3-5-7-12/h3-7,14H,8-11H2,1-2H3,(H,18,19,20). The third kappa shape index (κ3) is 2.60. The van der Waals surface area contributed by atoms with Gasteiger partial charge in [-0.3, -0.25) is 14.9 Å². The lowest BCUT2D eigenvalue weighted by Crippen LogP contribution is -2.55. The summed E-state index contributed by atoms with van der Waals surface area (Å²) in [5.74, 6) is -0.611. The van der Waals surface area contributed by atoms with E-state index in [1.807, 2.05) is 44.2 Å². The van der Waals surface area contributed by atoms with Crippen LogP contribution in [-0.2, 0) is 14.3 Å². The molecule has 0 saturated carbocycles. The zero-order valence-electron chi connectivity index (χ0n) is 12.5. The molecular formula is C17H21NO3. The molecule has 2 saturated heterocycles. The zero-order valence-corrected chi connectivity index (χ0v) is 12.5. The molecule has 0 radical (unpaired) electrons. The Bertz CT molecular complexity index is 567. The first-order chi connectivity index (χ1) is 9.92. The Labute approximate surface area is 124 Å². The number of hydrogen-bond donors (Lipinski definition) is 1. The Kier molecular flexibility index (Phi) is 3.36. The van der Waals surface area contributed by atoms with Crippen LogP contribution in [0, 0.1) is 5.41 Å². The fourth-order valence-corrected chi connectivity index (χ4v) is 4.02. The maximum atomic E-state index is 12.5. The van der Waals surface area contributed by atoms with Gasteiger partial charge >= 0.3 is 0 Å². The zero-order chi connectivity index (χ0) is 15.1. The minimum atomic E-state index is -0.331. The van der Waals surface area contributed by atoms with Gasteiger partial charge in [0.05, 0.1) is 11.5 Å². The second kappa shape index (κ2) is 4.95. The summed E-state index contributed by atoms with van der Waals surface area (Å²) in [6, 6.07) is 9.78. The fraction of sp³-hybridized carbons (Fsp3) is 0.529. The summed E-state index contributed by atoms with van der Waals surface area (Å²) in [7, 11) is 0. The molecule has 1 N–H and O–H groups in total. The van der Waals surface area contributed by atoms with Crippen molar-refractivity contribution in [3.05, 3.63) is 35.9 Å². The molecule has 1 spiro atoms. The van der Waals surface area contributed by atoms with Gasteiger partial charge in [0.2, 0.25) is 11.8 Å². The van der Waals surface area contributed by atoms with E-state index in [4.69, 9.17) is 4.74 Å². The second-order valence-corrected chi connectivity index (χ2v) is 6.83. The number of hydrogen-bond acceptors (Lipinski definition) is 3. The highest BCUT2D eigenvalue weighted by molar-refractivity contribution is 6.02. The summed E-state index contributed by atoms with van der Waals surface area (Å²) < 4.78 is 5.80. The van der Waals surface area contributed by atoms with Gasteiger partial charge in [-0.25, -0.2) is 0 Å². The first-order valence-electron chi connectivity index (χ1n) is 7.45. The van der Waals surface area contributed by atoms with Crippen LogP contribution in [0.4, 0.5) is 0 Å². The van der Waals surface area contributed by atoms with E-state index < -0.39 is 0 Å². The average molecular weight is 287 g/mol. The highest BCUT2D eigenvalue weighted by Gasteiger charge is 2.53. The van der Waals surface area contributed by atoms with Crippen molar-refractivity contribution in [2.45, 2.75) is 44.6 Å². The molecule has 0 aliphatic carbocycles. The summed E-state index contributed by atoms with van der Waals surface area (Å²) >= 11 is 0. The molecular weight excluding hydrogens is 266 g/mol. The summed E-state index contributed by atoms with van der Waals surface area (Å²) in [6.45, 7) is 4.66. The molecule has 21 heavy (non-hydrogen) atoms. The number of rotatable bonds is 1.